The molecule has 0 unspecified atom stereocenters. The molecule has 3 aromatic rings. The second-order valence-corrected chi connectivity index (χ2v) is 8.38. The molecule has 28 heavy (non-hydrogen) atoms. The number of carbonyl (C=O) groups excluding carboxylic acids is 1. The average Bonchev–Trinajstić information content (AvgIpc) is 3.28. The van der Waals surface area contributed by atoms with E-state index in [4.69, 9.17) is 27.6 Å². The summed E-state index contributed by atoms with van der Waals surface area (Å²) in [6.45, 7) is 5.30. The van der Waals surface area contributed by atoms with Gasteiger partial charge in [0.25, 0.3) is 0 Å². The number of hydrogen-bond acceptors (Lipinski definition) is 5. The van der Waals surface area contributed by atoms with Crippen LogP contribution < -0.4 is 5.32 Å². The van der Waals surface area contributed by atoms with Crippen LogP contribution in [-0.4, -0.2) is 26.4 Å². The Hall–Kier alpha value is -1.96. The first-order valence-corrected chi connectivity index (χ1v) is 10.5. The molecule has 0 saturated carbocycles. The maximum Gasteiger partial charge on any atom is 0.230 e. The SMILES string of the molecule is CC(C)Cn1c(SCC(=O)NCc2ccc(Cl)cc2Cl)nnc1-c1ccco1. The minimum absolute atomic E-state index is 0.116. The lowest BCUT2D eigenvalue weighted by molar-refractivity contribution is -0.118. The highest BCUT2D eigenvalue weighted by atomic mass is 35.5. The summed E-state index contributed by atoms with van der Waals surface area (Å²) >= 11 is 13.4. The molecule has 0 radical (unpaired) electrons. The molecule has 1 aromatic carbocycles. The minimum Gasteiger partial charge on any atom is -0.461 e. The van der Waals surface area contributed by atoms with E-state index in [1.165, 1.54) is 11.8 Å². The number of nitrogens with one attached hydrogen (secondary N) is 1. The minimum atomic E-state index is -0.116. The monoisotopic (exact) mass is 438 g/mol. The van der Waals surface area contributed by atoms with Gasteiger partial charge in [0.15, 0.2) is 16.7 Å². The third kappa shape index (κ3) is 5.31. The Morgan fingerprint density at radius 3 is 2.79 bits per heavy atom. The molecule has 148 valence electrons. The number of benzene rings is 1. The Labute approximate surface area is 177 Å². The Kier molecular flexibility index (Phi) is 7.04. The van der Waals surface area contributed by atoms with Gasteiger partial charge in [-0.05, 0) is 35.7 Å². The van der Waals surface area contributed by atoms with Gasteiger partial charge in [-0.15, -0.1) is 10.2 Å². The number of rotatable bonds is 8. The van der Waals surface area contributed by atoms with Crippen LogP contribution in [0.25, 0.3) is 11.6 Å². The molecule has 6 nitrogen and oxygen atoms in total. The summed E-state index contributed by atoms with van der Waals surface area (Å²) in [7, 11) is 0. The van der Waals surface area contributed by atoms with E-state index in [9.17, 15) is 4.79 Å². The second-order valence-electron chi connectivity index (χ2n) is 6.59. The summed E-state index contributed by atoms with van der Waals surface area (Å²) in [5, 5.41) is 13.1. The van der Waals surface area contributed by atoms with Crippen LogP contribution in [0.15, 0.2) is 46.2 Å². The Balaban J connectivity index is 1.62. The van der Waals surface area contributed by atoms with Gasteiger partial charge < -0.3 is 9.73 Å². The largest absolute Gasteiger partial charge is 0.461 e. The van der Waals surface area contributed by atoms with Crippen LogP contribution in [0.3, 0.4) is 0 Å². The van der Waals surface area contributed by atoms with Crippen LogP contribution in [0.1, 0.15) is 19.4 Å². The molecule has 0 aliphatic heterocycles. The standard InChI is InChI=1S/C19H20Cl2N4O2S/c1-12(2)10-25-18(16-4-3-7-27-16)23-24-19(25)28-11-17(26)22-9-13-5-6-14(20)8-15(13)21/h3-8,12H,9-11H2,1-2H3,(H,22,26). The van der Waals surface area contributed by atoms with Crippen molar-refractivity contribution in [3.05, 3.63) is 52.2 Å². The first-order chi connectivity index (χ1) is 13.4. The summed E-state index contributed by atoms with van der Waals surface area (Å²) in [4.78, 5) is 12.3. The van der Waals surface area contributed by atoms with Crippen LogP contribution in [0, 0.1) is 5.92 Å². The molecular weight excluding hydrogens is 419 g/mol. The zero-order valence-electron chi connectivity index (χ0n) is 15.5. The van der Waals surface area contributed by atoms with Crippen molar-refractivity contribution < 1.29 is 9.21 Å². The summed E-state index contributed by atoms with van der Waals surface area (Å²) in [6.07, 6.45) is 1.60. The predicted octanol–water partition coefficient (Wildman–Crippen LogP) is 4.91. The fourth-order valence-corrected chi connectivity index (χ4v) is 3.81. The molecule has 2 heterocycles. The summed E-state index contributed by atoms with van der Waals surface area (Å²) in [5.74, 6) is 1.82. The number of furan rings is 1. The molecule has 0 saturated heterocycles. The summed E-state index contributed by atoms with van der Waals surface area (Å²) in [6, 6.07) is 8.86. The highest BCUT2D eigenvalue weighted by Crippen LogP contribution is 2.25. The molecule has 1 amide bonds. The quantitative estimate of drug-likeness (QED) is 0.505. The third-order valence-electron chi connectivity index (χ3n) is 3.83. The van der Waals surface area contributed by atoms with Gasteiger partial charge in [0.1, 0.15) is 0 Å². The van der Waals surface area contributed by atoms with Gasteiger partial charge in [-0.25, -0.2) is 0 Å². The number of carbonyl (C=O) groups is 1. The van der Waals surface area contributed by atoms with E-state index in [1.807, 2.05) is 16.7 Å². The van der Waals surface area contributed by atoms with Gasteiger partial charge in [0.05, 0.1) is 12.0 Å². The van der Waals surface area contributed by atoms with Gasteiger partial charge in [0.2, 0.25) is 5.91 Å². The molecule has 2 aromatic heterocycles. The number of amides is 1. The van der Waals surface area contributed by atoms with E-state index in [1.54, 1.807) is 24.5 Å². The van der Waals surface area contributed by atoms with Gasteiger partial charge in [-0.2, -0.15) is 0 Å². The van der Waals surface area contributed by atoms with Crippen LogP contribution >= 0.6 is 35.0 Å². The topological polar surface area (TPSA) is 73.0 Å². The number of halogens is 2. The number of nitrogens with zero attached hydrogens (tertiary/aromatic N) is 3. The van der Waals surface area contributed by atoms with Crippen molar-refractivity contribution in [1.82, 2.24) is 20.1 Å². The summed E-state index contributed by atoms with van der Waals surface area (Å²) < 4.78 is 7.44. The number of thioether (sulfide) groups is 1. The zero-order chi connectivity index (χ0) is 20.1. The highest BCUT2D eigenvalue weighted by Gasteiger charge is 2.18. The lowest BCUT2D eigenvalue weighted by Gasteiger charge is -2.11. The lowest BCUT2D eigenvalue weighted by Crippen LogP contribution is -2.25. The molecule has 0 atom stereocenters. The Morgan fingerprint density at radius 2 is 2.11 bits per heavy atom. The van der Waals surface area contributed by atoms with Crippen LogP contribution in [0.5, 0.6) is 0 Å². The van der Waals surface area contributed by atoms with E-state index < -0.39 is 0 Å². The zero-order valence-corrected chi connectivity index (χ0v) is 17.8. The third-order valence-corrected chi connectivity index (χ3v) is 5.38. The second kappa shape index (κ2) is 9.49. The van der Waals surface area contributed by atoms with Gasteiger partial charge in [-0.1, -0.05) is 54.9 Å². The van der Waals surface area contributed by atoms with E-state index in [2.05, 4.69) is 29.4 Å². The van der Waals surface area contributed by atoms with Gasteiger partial charge in [-0.3, -0.25) is 9.36 Å². The lowest BCUT2D eigenvalue weighted by atomic mass is 10.2. The molecule has 3 rings (SSSR count). The van der Waals surface area contributed by atoms with Gasteiger partial charge in [0, 0.05) is 23.1 Å². The fourth-order valence-electron chi connectivity index (χ4n) is 2.55. The van der Waals surface area contributed by atoms with Crippen molar-refractivity contribution in [2.45, 2.75) is 32.1 Å². The van der Waals surface area contributed by atoms with E-state index in [0.717, 1.165) is 12.1 Å². The normalized spacial score (nSPS) is 11.2. The first-order valence-electron chi connectivity index (χ1n) is 8.74. The average molecular weight is 439 g/mol. The maximum atomic E-state index is 12.3. The molecule has 0 aliphatic rings. The molecule has 0 aliphatic carbocycles. The van der Waals surface area contributed by atoms with Crippen molar-refractivity contribution in [2.24, 2.45) is 5.92 Å². The maximum absolute atomic E-state index is 12.3. The van der Waals surface area contributed by atoms with Crippen LogP contribution in [0.4, 0.5) is 0 Å². The van der Waals surface area contributed by atoms with Crippen molar-refractivity contribution in [3.63, 3.8) is 0 Å². The summed E-state index contributed by atoms with van der Waals surface area (Å²) in [5.41, 5.74) is 0.812. The van der Waals surface area contributed by atoms with E-state index in [-0.39, 0.29) is 11.7 Å². The molecular formula is C19H20Cl2N4O2S. The van der Waals surface area contributed by atoms with Crippen molar-refractivity contribution in [2.75, 3.05) is 5.75 Å². The van der Waals surface area contributed by atoms with Crippen molar-refractivity contribution >= 4 is 40.9 Å². The fraction of sp³-hybridized carbons (Fsp3) is 0.316. The molecule has 0 bridgehead atoms. The molecule has 0 spiro atoms. The predicted molar refractivity (Wildman–Crippen MR) is 112 cm³/mol. The first kappa shape index (κ1) is 20.8. The molecule has 1 N–H and O–H groups in total. The highest BCUT2D eigenvalue weighted by molar-refractivity contribution is 7.99. The van der Waals surface area contributed by atoms with Crippen LogP contribution in [0.2, 0.25) is 10.0 Å². The number of hydrogen-bond donors (Lipinski definition) is 1. The van der Waals surface area contributed by atoms with Crippen molar-refractivity contribution in [3.8, 4) is 11.6 Å². The van der Waals surface area contributed by atoms with E-state index in [0.29, 0.717) is 39.2 Å². The smallest absolute Gasteiger partial charge is 0.230 e. The molecule has 9 heteroatoms. The van der Waals surface area contributed by atoms with Crippen molar-refractivity contribution in [1.29, 1.82) is 0 Å². The van der Waals surface area contributed by atoms with Gasteiger partial charge >= 0.3 is 0 Å². The Morgan fingerprint density at radius 1 is 1.29 bits per heavy atom. The molecule has 0 fully saturated rings. The number of aromatic nitrogens is 3. The Bertz CT molecular complexity index is 942. The van der Waals surface area contributed by atoms with E-state index >= 15 is 0 Å². The van der Waals surface area contributed by atoms with Crippen LogP contribution in [-0.2, 0) is 17.9 Å².